The van der Waals surface area contributed by atoms with E-state index in [2.05, 4.69) is 39.1 Å². The van der Waals surface area contributed by atoms with Crippen LogP contribution in [0.25, 0.3) is 0 Å². The van der Waals surface area contributed by atoms with Gasteiger partial charge in [-0.3, -0.25) is 0 Å². The molecule has 1 aromatic rings. The lowest BCUT2D eigenvalue weighted by atomic mass is 9.78. The number of aryl methyl sites for hydroxylation is 1. The van der Waals surface area contributed by atoms with Gasteiger partial charge < -0.3 is 0 Å². The molecule has 0 aliphatic carbocycles. The van der Waals surface area contributed by atoms with Crippen LogP contribution in [-0.2, 0) is 11.8 Å². The molecule has 0 aliphatic heterocycles. The molecule has 0 radical (unpaired) electrons. The number of rotatable bonds is 4. The Bertz CT molecular complexity index is 256. The fourth-order valence-electron chi connectivity index (χ4n) is 1.78. The molecule has 0 N–H and O–H groups in total. The van der Waals surface area contributed by atoms with Gasteiger partial charge in [-0.25, -0.2) is 0 Å². The third-order valence-electron chi connectivity index (χ3n) is 3.28. The Kier molecular flexibility index (Phi) is 3.55. The van der Waals surface area contributed by atoms with Gasteiger partial charge in [0.05, 0.1) is 0 Å². The Morgan fingerprint density at radius 3 is 2.31 bits per heavy atom. The average Bonchev–Trinajstić information content (AvgIpc) is 2.65. The first-order valence-electron chi connectivity index (χ1n) is 5.24. The summed E-state index contributed by atoms with van der Waals surface area (Å²) in [4.78, 5) is 1.58. The monoisotopic (exact) mass is 196 g/mol. The van der Waals surface area contributed by atoms with Crippen molar-refractivity contribution in [3.05, 3.63) is 21.9 Å². The van der Waals surface area contributed by atoms with Crippen LogP contribution in [0.1, 0.15) is 51.0 Å². The number of hydrogen-bond donors (Lipinski definition) is 0. The van der Waals surface area contributed by atoms with E-state index in [1.165, 1.54) is 19.3 Å². The normalized spacial score (nSPS) is 12.0. The maximum atomic E-state index is 2.38. The summed E-state index contributed by atoms with van der Waals surface area (Å²) in [5, 5.41) is 2.23. The third-order valence-corrected chi connectivity index (χ3v) is 4.34. The zero-order valence-corrected chi connectivity index (χ0v) is 10.0. The molecule has 0 aliphatic rings. The lowest BCUT2D eigenvalue weighted by Gasteiger charge is -2.27. The summed E-state index contributed by atoms with van der Waals surface area (Å²) in [6.07, 6.45) is 3.67. The molecule has 0 bridgehead atoms. The smallest absolute Gasteiger partial charge is 0.00800 e. The molecule has 0 nitrogen and oxygen atoms in total. The highest BCUT2D eigenvalue weighted by Gasteiger charge is 2.24. The van der Waals surface area contributed by atoms with E-state index in [0.717, 1.165) is 0 Å². The summed E-state index contributed by atoms with van der Waals surface area (Å²) in [7, 11) is 0. The van der Waals surface area contributed by atoms with Crippen LogP contribution < -0.4 is 0 Å². The molecule has 1 heterocycles. The van der Waals surface area contributed by atoms with Crippen molar-refractivity contribution in [3.63, 3.8) is 0 Å². The topological polar surface area (TPSA) is 0 Å². The first-order valence-corrected chi connectivity index (χ1v) is 6.12. The second kappa shape index (κ2) is 4.28. The molecule has 13 heavy (non-hydrogen) atoms. The van der Waals surface area contributed by atoms with E-state index in [1.807, 2.05) is 11.3 Å². The highest BCUT2D eigenvalue weighted by Crippen LogP contribution is 2.35. The minimum atomic E-state index is 0.408. The Balaban J connectivity index is 3.03. The van der Waals surface area contributed by atoms with Crippen LogP contribution in [0.2, 0.25) is 0 Å². The van der Waals surface area contributed by atoms with Gasteiger partial charge in [-0.05, 0) is 41.7 Å². The van der Waals surface area contributed by atoms with E-state index in [9.17, 15) is 0 Å². The Morgan fingerprint density at radius 2 is 1.85 bits per heavy atom. The quantitative estimate of drug-likeness (QED) is 0.670. The predicted molar refractivity (Wildman–Crippen MR) is 61.6 cm³/mol. The van der Waals surface area contributed by atoms with E-state index >= 15 is 0 Å². The van der Waals surface area contributed by atoms with Crippen molar-refractivity contribution in [1.82, 2.24) is 0 Å². The fourth-order valence-corrected chi connectivity index (χ4v) is 2.76. The highest BCUT2D eigenvalue weighted by molar-refractivity contribution is 7.10. The predicted octanol–water partition coefficient (Wildman–Crippen LogP) is 4.39. The lowest BCUT2D eigenvalue weighted by Crippen LogP contribution is -2.19. The van der Waals surface area contributed by atoms with Crippen LogP contribution >= 0.6 is 11.3 Å². The zero-order valence-electron chi connectivity index (χ0n) is 9.18. The fraction of sp³-hybridized carbons (Fsp3) is 0.667. The standard InChI is InChI=1S/C12H20S/c1-5-11-10(8-9-13-11)12(4,6-2)7-3/h8-9H,5-7H2,1-4H3. The maximum Gasteiger partial charge on any atom is 0.00800 e. The molecular weight excluding hydrogens is 176 g/mol. The molecule has 0 fully saturated rings. The van der Waals surface area contributed by atoms with Gasteiger partial charge in [0.2, 0.25) is 0 Å². The van der Waals surface area contributed by atoms with E-state index < -0.39 is 0 Å². The Morgan fingerprint density at radius 1 is 1.23 bits per heavy atom. The van der Waals surface area contributed by atoms with Crippen molar-refractivity contribution in [3.8, 4) is 0 Å². The summed E-state index contributed by atoms with van der Waals surface area (Å²) in [5.74, 6) is 0. The third kappa shape index (κ3) is 1.96. The van der Waals surface area contributed by atoms with Crippen molar-refractivity contribution in [1.29, 1.82) is 0 Å². The number of thiophene rings is 1. The highest BCUT2D eigenvalue weighted by atomic mass is 32.1. The molecule has 1 aromatic heterocycles. The van der Waals surface area contributed by atoms with Crippen molar-refractivity contribution in [2.24, 2.45) is 0 Å². The summed E-state index contributed by atoms with van der Waals surface area (Å²) in [5.41, 5.74) is 2.00. The van der Waals surface area contributed by atoms with Gasteiger partial charge in [0, 0.05) is 4.88 Å². The van der Waals surface area contributed by atoms with Gasteiger partial charge in [0.1, 0.15) is 0 Å². The second-order valence-electron chi connectivity index (χ2n) is 3.88. The van der Waals surface area contributed by atoms with Crippen LogP contribution in [0.15, 0.2) is 11.4 Å². The summed E-state index contributed by atoms with van der Waals surface area (Å²) < 4.78 is 0. The first-order chi connectivity index (χ1) is 6.18. The van der Waals surface area contributed by atoms with Crippen LogP contribution in [0, 0.1) is 0 Å². The molecule has 0 atom stereocenters. The minimum Gasteiger partial charge on any atom is -0.149 e. The minimum absolute atomic E-state index is 0.408. The van der Waals surface area contributed by atoms with Crippen molar-refractivity contribution in [2.45, 2.75) is 52.4 Å². The van der Waals surface area contributed by atoms with Gasteiger partial charge in [0.25, 0.3) is 0 Å². The Hall–Kier alpha value is -0.300. The van der Waals surface area contributed by atoms with Crippen molar-refractivity contribution >= 4 is 11.3 Å². The molecule has 1 heteroatoms. The maximum absolute atomic E-state index is 2.38. The van der Waals surface area contributed by atoms with Crippen LogP contribution in [0.4, 0.5) is 0 Å². The zero-order chi connectivity index (χ0) is 9.90. The molecule has 74 valence electrons. The van der Waals surface area contributed by atoms with Gasteiger partial charge in [0.15, 0.2) is 0 Å². The SMILES string of the molecule is CCc1sccc1C(C)(CC)CC. The Labute approximate surface area is 86.0 Å². The molecule has 0 spiro atoms. The molecular formula is C12H20S. The van der Waals surface area contributed by atoms with E-state index in [-0.39, 0.29) is 0 Å². The van der Waals surface area contributed by atoms with E-state index in [4.69, 9.17) is 0 Å². The van der Waals surface area contributed by atoms with Gasteiger partial charge in [-0.15, -0.1) is 11.3 Å². The summed E-state index contributed by atoms with van der Waals surface area (Å²) in [6.45, 7) is 9.22. The largest absolute Gasteiger partial charge is 0.149 e. The molecule has 1 rings (SSSR count). The van der Waals surface area contributed by atoms with Crippen LogP contribution in [-0.4, -0.2) is 0 Å². The average molecular weight is 196 g/mol. The first kappa shape index (κ1) is 10.8. The van der Waals surface area contributed by atoms with E-state index in [0.29, 0.717) is 5.41 Å². The van der Waals surface area contributed by atoms with Crippen LogP contribution in [0.5, 0.6) is 0 Å². The lowest BCUT2D eigenvalue weighted by molar-refractivity contribution is 0.437. The molecule has 0 unspecified atom stereocenters. The molecule has 0 aromatic carbocycles. The van der Waals surface area contributed by atoms with Crippen molar-refractivity contribution < 1.29 is 0 Å². The number of hydrogen-bond acceptors (Lipinski definition) is 1. The molecule has 0 amide bonds. The van der Waals surface area contributed by atoms with Crippen LogP contribution in [0.3, 0.4) is 0 Å². The molecule has 0 saturated heterocycles. The van der Waals surface area contributed by atoms with Gasteiger partial charge >= 0.3 is 0 Å². The van der Waals surface area contributed by atoms with Gasteiger partial charge in [-0.1, -0.05) is 27.7 Å². The molecule has 0 saturated carbocycles. The van der Waals surface area contributed by atoms with Crippen molar-refractivity contribution in [2.75, 3.05) is 0 Å². The van der Waals surface area contributed by atoms with E-state index in [1.54, 1.807) is 10.4 Å². The summed E-state index contributed by atoms with van der Waals surface area (Å²) in [6, 6.07) is 2.32. The summed E-state index contributed by atoms with van der Waals surface area (Å²) >= 11 is 1.91. The van der Waals surface area contributed by atoms with Gasteiger partial charge in [-0.2, -0.15) is 0 Å². The second-order valence-corrected chi connectivity index (χ2v) is 4.88.